The number of sulfonamides is 1. The first-order chi connectivity index (χ1) is 11.4. The van der Waals surface area contributed by atoms with Crippen LogP contribution in [0, 0.1) is 5.82 Å². The predicted molar refractivity (Wildman–Crippen MR) is 95.7 cm³/mol. The zero-order valence-electron chi connectivity index (χ0n) is 13.1. The van der Waals surface area contributed by atoms with Crippen LogP contribution < -0.4 is 4.72 Å². The smallest absolute Gasteiger partial charge is 0.210 e. The van der Waals surface area contributed by atoms with E-state index in [1.54, 1.807) is 11.3 Å². The van der Waals surface area contributed by atoms with Crippen LogP contribution in [0.25, 0.3) is 0 Å². The standard InChI is InChI=1S/C17H19ClFNO2S2/c18-14-11-13(6-7-15(14)19)24(21,22)20-12-17(8-2-1-3-9-17)16-5-4-10-23-16/h4-7,10-11,20H,1-3,8-9,12H2. The average Bonchev–Trinajstić information content (AvgIpc) is 3.12. The number of thiophene rings is 1. The molecule has 24 heavy (non-hydrogen) atoms. The molecule has 0 radical (unpaired) electrons. The summed E-state index contributed by atoms with van der Waals surface area (Å²) in [6, 6.07) is 7.55. The van der Waals surface area contributed by atoms with E-state index in [2.05, 4.69) is 10.8 Å². The highest BCUT2D eigenvalue weighted by Gasteiger charge is 2.36. The summed E-state index contributed by atoms with van der Waals surface area (Å²) in [5.41, 5.74) is -0.149. The fourth-order valence-corrected chi connectivity index (χ4v) is 5.67. The molecular formula is C17H19ClFNO2S2. The van der Waals surface area contributed by atoms with Gasteiger partial charge in [-0.2, -0.15) is 0 Å². The normalized spacial score (nSPS) is 17.8. The van der Waals surface area contributed by atoms with E-state index in [1.807, 2.05) is 11.4 Å². The highest BCUT2D eigenvalue weighted by Crippen LogP contribution is 2.41. The van der Waals surface area contributed by atoms with Gasteiger partial charge in [-0.05, 0) is 42.5 Å². The molecule has 3 rings (SSSR count). The van der Waals surface area contributed by atoms with E-state index in [4.69, 9.17) is 11.6 Å². The summed E-state index contributed by atoms with van der Waals surface area (Å²) in [6.45, 7) is 0.352. The van der Waals surface area contributed by atoms with Gasteiger partial charge < -0.3 is 0 Å². The molecule has 1 aromatic carbocycles. The van der Waals surface area contributed by atoms with E-state index < -0.39 is 15.8 Å². The molecule has 1 saturated carbocycles. The summed E-state index contributed by atoms with van der Waals surface area (Å²) < 4.78 is 41.1. The van der Waals surface area contributed by atoms with Crippen molar-refractivity contribution in [2.45, 2.75) is 42.4 Å². The number of nitrogens with one attached hydrogen (secondary N) is 1. The molecule has 0 saturated heterocycles. The summed E-state index contributed by atoms with van der Waals surface area (Å²) in [4.78, 5) is 1.22. The van der Waals surface area contributed by atoms with Crippen molar-refractivity contribution in [2.24, 2.45) is 0 Å². The van der Waals surface area contributed by atoms with Crippen LogP contribution in [0.5, 0.6) is 0 Å². The van der Waals surface area contributed by atoms with E-state index in [0.717, 1.165) is 37.8 Å². The maximum absolute atomic E-state index is 13.3. The van der Waals surface area contributed by atoms with Crippen LogP contribution in [0.3, 0.4) is 0 Å². The number of hydrogen-bond donors (Lipinski definition) is 1. The van der Waals surface area contributed by atoms with Crippen LogP contribution in [0.2, 0.25) is 5.02 Å². The van der Waals surface area contributed by atoms with E-state index >= 15 is 0 Å². The third-order valence-corrected chi connectivity index (χ3v) is 7.46. The lowest BCUT2D eigenvalue weighted by Crippen LogP contribution is -2.41. The van der Waals surface area contributed by atoms with Crippen LogP contribution in [-0.4, -0.2) is 15.0 Å². The molecule has 0 aliphatic heterocycles. The van der Waals surface area contributed by atoms with Gasteiger partial charge in [0.15, 0.2) is 0 Å². The van der Waals surface area contributed by atoms with Gasteiger partial charge in [0.25, 0.3) is 0 Å². The lowest BCUT2D eigenvalue weighted by atomic mass is 9.73. The minimum atomic E-state index is -3.72. The van der Waals surface area contributed by atoms with Gasteiger partial charge >= 0.3 is 0 Å². The van der Waals surface area contributed by atoms with E-state index in [0.29, 0.717) is 6.54 Å². The molecule has 1 aliphatic rings. The summed E-state index contributed by atoms with van der Waals surface area (Å²) >= 11 is 7.39. The van der Waals surface area contributed by atoms with Crippen LogP contribution in [-0.2, 0) is 15.4 Å². The topological polar surface area (TPSA) is 46.2 Å². The second-order valence-corrected chi connectivity index (χ2v) is 9.34. The van der Waals surface area contributed by atoms with E-state index in [1.165, 1.54) is 17.4 Å². The van der Waals surface area contributed by atoms with Gasteiger partial charge in [-0.3, -0.25) is 0 Å². The maximum Gasteiger partial charge on any atom is 0.240 e. The summed E-state index contributed by atoms with van der Waals surface area (Å²) in [5.74, 6) is -0.627. The second-order valence-electron chi connectivity index (χ2n) is 6.22. The lowest BCUT2D eigenvalue weighted by molar-refractivity contribution is 0.298. The SMILES string of the molecule is O=S(=O)(NCC1(c2cccs2)CCCCC1)c1ccc(F)c(Cl)c1. The largest absolute Gasteiger partial charge is 0.240 e. The van der Waals surface area contributed by atoms with Crippen LogP contribution in [0.4, 0.5) is 4.39 Å². The number of halogens is 2. The third kappa shape index (κ3) is 3.67. The van der Waals surface area contributed by atoms with Crippen LogP contribution in [0.1, 0.15) is 37.0 Å². The number of hydrogen-bond acceptors (Lipinski definition) is 3. The van der Waals surface area contributed by atoms with Gasteiger partial charge in [0.05, 0.1) is 9.92 Å². The Morgan fingerprint density at radius 3 is 2.58 bits per heavy atom. The summed E-state index contributed by atoms with van der Waals surface area (Å²) in [5, 5.41) is 1.84. The minimum absolute atomic E-state index is 0.00830. The Balaban J connectivity index is 1.82. The molecule has 0 amide bonds. The Morgan fingerprint density at radius 2 is 1.96 bits per heavy atom. The Hall–Kier alpha value is -0.950. The highest BCUT2D eigenvalue weighted by atomic mass is 35.5. The highest BCUT2D eigenvalue weighted by molar-refractivity contribution is 7.89. The molecule has 0 spiro atoms. The van der Waals surface area contributed by atoms with Gasteiger partial charge in [0.2, 0.25) is 10.0 Å². The molecule has 1 heterocycles. The lowest BCUT2D eigenvalue weighted by Gasteiger charge is -2.36. The third-order valence-electron chi connectivity index (χ3n) is 4.66. The fourth-order valence-electron chi connectivity index (χ4n) is 3.28. The Labute approximate surface area is 150 Å². The predicted octanol–water partition coefficient (Wildman–Crippen LogP) is 4.72. The Bertz CT molecular complexity index is 800. The molecule has 1 fully saturated rings. The molecule has 0 unspecified atom stereocenters. The first-order valence-electron chi connectivity index (χ1n) is 7.92. The average molecular weight is 388 g/mol. The second kappa shape index (κ2) is 7.12. The van der Waals surface area contributed by atoms with Crippen LogP contribution in [0.15, 0.2) is 40.6 Å². The van der Waals surface area contributed by atoms with E-state index in [9.17, 15) is 12.8 Å². The zero-order chi connectivity index (χ0) is 17.2. The fraction of sp³-hybridized carbons (Fsp3) is 0.412. The van der Waals surface area contributed by atoms with Crippen molar-refractivity contribution in [2.75, 3.05) is 6.54 Å². The molecule has 1 aromatic heterocycles. The molecule has 3 nitrogen and oxygen atoms in total. The molecule has 1 aliphatic carbocycles. The summed E-state index contributed by atoms with van der Waals surface area (Å²) in [6.07, 6.45) is 5.33. The van der Waals surface area contributed by atoms with Crippen molar-refractivity contribution >= 4 is 33.0 Å². The molecule has 0 atom stereocenters. The number of rotatable bonds is 5. The van der Waals surface area contributed by atoms with Gasteiger partial charge in [0, 0.05) is 16.8 Å². The monoisotopic (exact) mass is 387 g/mol. The summed E-state index contributed by atoms with van der Waals surface area (Å²) in [7, 11) is -3.72. The van der Waals surface area contributed by atoms with Crippen molar-refractivity contribution in [3.8, 4) is 0 Å². The van der Waals surface area contributed by atoms with Crippen molar-refractivity contribution in [1.82, 2.24) is 4.72 Å². The zero-order valence-corrected chi connectivity index (χ0v) is 15.5. The van der Waals surface area contributed by atoms with E-state index in [-0.39, 0.29) is 15.3 Å². The first kappa shape index (κ1) is 17.9. The van der Waals surface area contributed by atoms with Crippen molar-refractivity contribution < 1.29 is 12.8 Å². The Morgan fingerprint density at radius 1 is 1.21 bits per heavy atom. The van der Waals surface area contributed by atoms with Gasteiger partial charge in [-0.25, -0.2) is 17.5 Å². The maximum atomic E-state index is 13.3. The molecule has 7 heteroatoms. The minimum Gasteiger partial charge on any atom is -0.210 e. The first-order valence-corrected chi connectivity index (χ1v) is 10.7. The molecule has 130 valence electrons. The molecule has 0 bridgehead atoms. The van der Waals surface area contributed by atoms with Crippen LogP contribution >= 0.6 is 22.9 Å². The van der Waals surface area contributed by atoms with Gasteiger partial charge in [-0.1, -0.05) is 36.9 Å². The van der Waals surface area contributed by atoms with Crippen molar-refractivity contribution in [1.29, 1.82) is 0 Å². The quantitative estimate of drug-likeness (QED) is 0.806. The van der Waals surface area contributed by atoms with Gasteiger partial charge in [0.1, 0.15) is 5.82 Å². The number of benzene rings is 1. The molecule has 1 N–H and O–H groups in total. The molecule has 2 aromatic rings. The van der Waals surface area contributed by atoms with Gasteiger partial charge in [-0.15, -0.1) is 11.3 Å². The van der Waals surface area contributed by atoms with Crippen molar-refractivity contribution in [3.63, 3.8) is 0 Å². The Kier molecular flexibility index (Phi) is 5.30. The molecular weight excluding hydrogens is 369 g/mol. The van der Waals surface area contributed by atoms with Crippen molar-refractivity contribution in [3.05, 3.63) is 51.4 Å².